The second kappa shape index (κ2) is 8.91. The highest BCUT2D eigenvalue weighted by atomic mass is 32.2. The fourth-order valence-corrected chi connectivity index (χ4v) is 6.06. The Balaban J connectivity index is 1.45. The molecular formula is C21H26N4O6S. The molecule has 0 saturated carbocycles. The topological polar surface area (TPSA) is 129 Å². The van der Waals surface area contributed by atoms with Crippen molar-refractivity contribution in [3.8, 4) is 0 Å². The first kappa shape index (κ1) is 22.3. The summed E-state index contributed by atoms with van der Waals surface area (Å²) in [5.41, 5.74) is 1.83. The molecule has 2 N–H and O–H groups in total. The van der Waals surface area contributed by atoms with E-state index in [1.807, 2.05) is 30.5 Å². The van der Waals surface area contributed by atoms with Crippen molar-refractivity contribution in [2.75, 3.05) is 38.3 Å². The second-order valence-corrected chi connectivity index (χ2v) is 10.4. The van der Waals surface area contributed by atoms with Gasteiger partial charge in [0, 0.05) is 43.2 Å². The van der Waals surface area contributed by atoms with Gasteiger partial charge in [-0.1, -0.05) is 18.2 Å². The molecule has 0 aliphatic carbocycles. The Morgan fingerprint density at radius 3 is 2.78 bits per heavy atom. The van der Waals surface area contributed by atoms with Crippen molar-refractivity contribution in [3.05, 3.63) is 36.0 Å². The van der Waals surface area contributed by atoms with Crippen LogP contribution in [-0.2, 0) is 30.6 Å². The maximum atomic E-state index is 13.0. The molecule has 4 rings (SSSR count). The number of benzene rings is 1. The molecule has 4 amide bonds. The van der Waals surface area contributed by atoms with Crippen LogP contribution in [0.15, 0.2) is 30.5 Å². The number of methoxy groups -OCH3 is 1. The number of carbonyl (C=O) groups is 3. The highest BCUT2D eigenvalue weighted by molar-refractivity contribution is 7.91. The molecule has 2 unspecified atom stereocenters. The van der Waals surface area contributed by atoms with Gasteiger partial charge in [-0.2, -0.15) is 0 Å². The average molecular weight is 463 g/mol. The fraction of sp³-hybridized carbons (Fsp3) is 0.476. The molecule has 32 heavy (non-hydrogen) atoms. The molecule has 11 heteroatoms. The average Bonchev–Trinajstić information content (AvgIpc) is 3.41. The van der Waals surface area contributed by atoms with Crippen LogP contribution in [0.5, 0.6) is 0 Å². The molecule has 1 aromatic carbocycles. The molecule has 0 spiro atoms. The Morgan fingerprint density at radius 2 is 2.06 bits per heavy atom. The zero-order valence-corrected chi connectivity index (χ0v) is 18.6. The summed E-state index contributed by atoms with van der Waals surface area (Å²) in [6.45, 7) is -0.0150. The number of aromatic nitrogens is 1. The minimum Gasteiger partial charge on any atom is -0.383 e. The minimum absolute atomic E-state index is 0.0181. The van der Waals surface area contributed by atoms with Crippen LogP contribution < -0.4 is 5.32 Å². The van der Waals surface area contributed by atoms with Gasteiger partial charge >= 0.3 is 6.03 Å². The van der Waals surface area contributed by atoms with E-state index < -0.39 is 46.3 Å². The molecular weight excluding hydrogens is 436 g/mol. The van der Waals surface area contributed by atoms with Crippen LogP contribution in [0.25, 0.3) is 10.9 Å². The predicted octanol–water partition coefficient (Wildman–Crippen LogP) is 0.293. The van der Waals surface area contributed by atoms with Crippen LogP contribution in [0.2, 0.25) is 0 Å². The smallest absolute Gasteiger partial charge is 0.325 e. The van der Waals surface area contributed by atoms with Gasteiger partial charge in [0.15, 0.2) is 9.84 Å². The van der Waals surface area contributed by atoms with Crippen molar-refractivity contribution in [2.24, 2.45) is 0 Å². The molecule has 2 aromatic rings. The van der Waals surface area contributed by atoms with Crippen LogP contribution in [0.1, 0.15) is 12.0 Å². The number of nitrogens with zero attached hydrogens (tertiary/aromatic N) is 2. The van der Waals surface area contributed by atoms with Gasteiger partial charge in [-0.05, 0) is 18.1 Å². The predicted molar refractivity (Wildman–Crippen MR) is 117 cm³/mol. The summed E-state index contributed by atoms with van der Waals surface area (Å²) in [7, 11) is -1.71. The second-order valence-electron chi connectivity index (χ2n) is 8.13. The maximum Gasteiger partial charge on any atom is 0.325 e. The zero-order chi connectivity index (χ0) is 22.9. The lowest BCUT2D eigenvalue weighted by atomic mass is 10.1. The number of sulfone groups is 1. The molecule has 2 aliphatic rings. The molecule has 2 aliphatic heterocycles. The summed E-state index contributed by atoms with van der Waals surface area (Å²) in [5.74, 6) is -1.05. The van der Waals surface area contributed by atoms with Crippen molar-refractivity contribution >= 4 is 38.6 Å². The number of nitrogens with one attached hydrogen (secondary N) is 2. The minimum atomic E-state index is -3.20. The van der Waals surface area contributed by atoms with Gasteiger partial charge in [-0.3, -0.25) is 14.5 Å². The maximum absolute atomic E-state index is 13.0. The number of amides is 4. The third kappa shape index (κ3) is 4.49. The van der Waals surface area contributed by atoms with E-state index >= 15 is 0 Å². The van der Waals surface area contributed by atoms with E-state index in [1.165, 1.54) is 12.0 Å². The van der Waals surface area contributed by atoms with Crippen molar-refractivity contribution in [1.82, 2.24) is 20.1 Å². The highest BCUT2D eigenvalue weighted by Crippen LogP contribution is 2.22. The van der Waals surface area contributed by atoms with E-state index in [0.29, 0.717) is 12.8 Å². The number of para-hydroxylation sites is 1. The van der Waals surface area contributed by atoms with Crippen molar-refractivity contribution in [3.63, 3.8) is 0 Å². The summed E-state index contributed by atoms with van der Waals surface area (Å²) < 4.78 is 28.8. The lowest BCUT2D eigenvalue weighted by Gasteiger charge is -2.29. The van der Waals surface area contributed by atoms with Crippen LogP contribution in [0, 0.1) is 0 Å². The van der Waals surface area contributed by atoms with Gasteiger partial charge in [-0.15, -0.1) is 0 Å². The van der Waals surface area contributed by atoms with Crippen molar-refractivity contribution in [2.45, 2.75) is 24.9 Å². The fourth-order valence-electron chi connectivity index (χ4n) is 4.33. The number of aromatic amines is 1. The highest BCUT2D eigenvalue weighted by Gasteiger charge is 2.41. The number of rotatable bonds is 8. The lowest BCUT2D eigenvalue weighted by molar-refractivity contribution is -0.139. The number of H-pyrrole nitrogens is 1. The van der Waals surface area contributed by atoms with Gasteiger partial charge in [0.1, 0.15) is 12.6 Å². The summed E-state index contributed by atoms with van der Waals surface area (Å²) in [4.78, 5) is 43.9. The van der Waals surface area contributed by atoms with Gasteiger partial charge in [-0.25, -0.2) is 13.2 Å². The monoisotopic (exact) mass is 462 g/mol. The number of urea groups is 1. The molecule has 1 aromatic heterocycles. The van der Waals surface area contributed by atoms with E-state index in [9.17, 15) is 22.8 Å². The van der Waals surface area contributed by atoms with Crippen LogP contribution in [-0.4, -0.2) is 91.4 Å². The van der Waals surface area contributed by atoms with Crippen LogP contribution in [0.4, 0.5) is 4.79 Å². The Labute approximate surface area is 185 Å². The number of imide groups is 1. The first-order chi connectivity index (χ1) is 15.3. The molecule has 172 valence electrons. The number of carbonyl (C=O) groups excluding carboxylic acids is 3. The molecule has 10 nitrogen and oxygen atoms in total. The molecule has 2 saturated heterocycles. The molecule has 2 atom stereocenters. The first-order valence-corrected chi connectivity index (χ1v) is 12.3. The van der Waals surface area contributed by atoms with Crippen LogP contribution in [0.3, 0.4) is 0 Å². The number of hydrogen-bond acceptors (Lipinski definition) is 6. The first-order valence-electron chi connectivity index (χ1n) is 10.4. The van der Waals surface area contributed by atoms with E-state index in [4.69, 9.17) is 4.74 Å². The third-order valence-corrected chi connectivity index (χ3v) is 7.76. The van der Waals surface area contributed by atoms with Gasteiger partial charge in [0.2, 0.25) is 5.91 Å². The van der Waals surface area contributed by atoms with Crippen LogP contribution >= 0.6 is 0 Å². The summed E-state index contributed by atoms with van der Waals surface area (Å²) >= 11 is 0. The van der Waals surface area contributed by atoms with E-state index in [2.05, 4.69) is 10.3 Å². The van der Waals surface area contributed by atoms with Gasteiger partial charge in [0.05, 0.1) is 18.1 Å². The number of fused-ring (bicyclic) bond motifs is 1. The van der Waals surface area contributed by atoms with Gasteiger partial charge in [0.25, 0.3) is 5.91 Å². The number of ether oxygens (including phenoxy) is 1. The van der Waals surface area contributed by atoms with Crippen molar-refractivity contribution < 1.29 is 27.5 Å². The molecule has 0 bridgehead atoms. The summed E-state index contributed by atoms with van der Waals surface area (Å²) in [5, 5.41) is 3.63. The SMILES string of the molecule is COCCN(C(=O)CN1C(=O)NC(Cc2c[nH]c3ccccc23)C1=O)C1CCS(=O)(=O)C1. The molecule has 2 fully saturated rings. The van der Waals surface area contributed by atoms with E-state index in [1.54, 1.807) is 0 Å². The Morgan fingerprint density at radius 1 is 1.28 bits per heavy atom. The summed E-state index contributed by atoms with van der Waals surface area (Å²) in [6.07, 6.45) is 2.44. The van der Waals surface area contributed by atoms with Crippen molar-refractivity contribution in [1.29, 1.82) is 0 Å². The third-order valence-electron chi connectivity index (χ3n) is 6.01. The largest absolute Gasteiger partial charge is 0.383 e. The quantitative estimate of drug-likeness (QED) is 0.543. The Hall–Kier alpha value is -2.92. The Bertz CT molecular complexity index is 1140. The Kier molecular flexibility index (Phi) is 6.20. The zero-order valence-electron chi connectivity index (χ0n) is 17.7. The van der Waals surface area contributed by atoms with E-state index in [0.717, 1.165) is 21.4 Å². The standard InChI is InChI=1S/C21H26N4O6S/c1-31-8-7-24(15-6-9-32(29,30)13-15)19(26)12-25-20(27)18(23-21(25)28)10-14-11-22-17-5-3-2-4-16(14)17/h2-5,11,15,18,22H,6-10,12-13H2,1H3,(H,23,28). The normalized spacial score (nSPS) is 22.5. The van der Waals surface area contributed by atoms with Gasteiger partial charge < -0.3 is 19.9 Å². The molecule has 3 heterocycles. The molecule has 0 radical (unpaired) electrons. The summed E-state index contributed by atoms with van der Waals surface area (Å²) in [6, 6.07) is 5.79. The number of hydrogen-bond donors (Lipinski definition) is 2. The lowest BCUT2D eigenvalue weighted by Crippen LogP contribution is -2.49. The van der Waals surface area contributed by atoms with E-state index in [-0.39, 0.29) is 24.7 Å².